The van der Waals surface area contributed by atoms with Gasteiger partial charge < -0.3 is 14.2 Å². The van der Waals surface area contributed by atoms with Crippen molar-refractivity contribution in [3.63, 3.8) is 0 Å². The van der Waals surface area contributed by atoms with Crippen molar-refractivity contribution in [2.45, 2.75) is 0 Å². The molecule has 0 heterocycles. The second-order valence-electron chi connectivity index (χ2n) is 5.07. The van der Waals surface area contributed by atoms with Crippen LogP contribution in [0.4, 0.5) is 5.69 Å². The second kappa shape index (κ2) is 8.48. The maximum absolute atomic E-state index is 12.4. The van der Waals surface area contributed by atoms with Crippen molar-refractivity contribution in [2.24, 2.45) is 0 Å². The van der Waals surface area contributed by atoms with Gasteiger partial charge >= 0.3 is 0 Å². The number of halogens is 1. The van der Waals surface area contributed by atoms with Gasteiger partial charge in [0, 0.05) is 5.56 Å². The topological polar surface area (TPSA) is 87.9 Å². The minimum atomic E-state index is -0.546. The van der Waals surface area contributed by atoms with E-state index in [0.29, 0.717) is 21.5 Å². The quantitative estimate of drug-likeness (QED) is 0.287. The van der Waals surface area contributed by atoms with Gasteiger partial charge in [0.1, 0.15) is 5.75 Å². The number of ketones is 1. The van der Waals surface area contributed by atoms with Crippen molar-refractivity contribution in [3.05, 3.63) is 62.1 Å². The number of hydrogen-bond donors (Lipinski definition) is 0. The molecule has 0 unspecified atom stereocenters. The first-order valence-electron chi connectivity index (χ1n) is 7.37. The van der Waals surface area contributed by atoms with Gasteiger partial charge in [-0.25, -0.2) is 0 Å². The predicted molar refractivity (Wildman–Crippen MR) is 100 cm³/mol. The normalized spacial score (nSPS) is 10.6. The summed E-state index contributed by atoms with van der Waals surface area (Å²) in [4.78, 5) is 23.1. The fraction of sp³-hybridized carbons (Fsp3) is 0.167. The molecule has 2 aromatic rings. The highest BCUT2D eigenvalue weighted by molar-refractivity contribution is 9.10. The molecule has 26 heavy (non-hydrogen) atoms. The van der Waals surface area contributed by atoms with Crippen molar-refractivity contribution in [3.8, 4) is 17.2 Å². The summed E-state index contributed by atoms with van der Waals surface area (Å²) in [5, 5.41) is 11.3. The highest BCUT2D eigenvalue weighted by Crippen LogP contribution is 2.35. The van der Waals surface area contributed by atoms with Crippen LogP contribution in [0.25, 0.3) is 6.08 Å². The van der Waals surface area contributed by atoms with Crippen molar-refractivity contribution < 1.29 is 23.9 Å². The molecule has 0 aliphatic carbocycles. The molecule has 0 spiro atoms. The Morgan fingerprint density at radius 2 is 1.65 bits per heavy atom. The summed E-state index contributed by atoms with van der Waals surface area (Å²) in [5.74, 6) is 0.859. The first kappa shape index (κ1) is 19.5. The molecule has 136 valence electrons. The van der Waals surface area contributed by atoms with E-state index in [9.17, 15) is 14.9 Å². The minimum absolute atomic E-state index is 0.192. The third-order valence-electron chi connectivity index (χ3n) is 3.58. The molecular weight excluding hydrogens is 406 g/mol. The average molecular weight is 422 g/mol. The zero-order valence-electron chi connectivity index (χ0n) is 14.3. The molecule has 0 radical (unpaired) electrons. The molecular formula is C18H16BrNO6. The fourth-order valence-electron chi connectivity index (χ4n) is 2.26. The molecule has 7 nitrogen and oxygen atoms in total. The molecule has 0 saturated carbocycles. The lowest BCUT2D eigenvalue weighted by atomic mass is 10.1. The molecule has 8 heteroatoms. The molecule has 0 saturated heterocycles. The van der Waals surface area contributed by atoms with Crippen LogP contribution in [0.15, 0.2) is 40.9 Å². The number of methoxy groups -OCH3 is 3. The average Bonchev–Trinajstić information content (AvgIpc) is 2.64. The van der Waals surface area contributed by atoms with Gasteiger partial charge in [-0.3, -0.25) is 14.9 Å². The second-order valence-corrected chi connectivity index (χ2v) is 5.92. The maximum Gasteiger partial charge on any atom is 0.280 e. The van der Waals surface area contributed by atoms with Gasteiger partial charge in [-0.05, 0) is 52.3 Å². The molecule has 0 atom stereocenters. The Hall–Kier alpha value is -2.87. The molecule has 0 bridgehead atoms. The largest absolute Gasteiger partial charge is 0.496 e. The van der Waals surface area contributed by atoms with Crippen LogP contribution in [0, 0.1) is 10.1 Å². The number of nitro benzene ring substituents is 1. The van der Waals surface area contributed by atoms with Gasteiger partial charge in [0.25, 0.3) is 5.69 Å². The van der Waals surface area contributed by atoms with Gasteiger partial charge in [0.15, 0.2) is 17.3 Å². The fourth-order valence-corrected chi connectivity index (χ4v) is 2.80. The molecule has 0 fully saturated rings. The Bertz CT molecular complexity index is 878. The zero-order valence-corrected chi connectivity index (χ0v) is 15.9. The van der Waals surface area contributed by atoms with Gasteiger partial charge in [0.2, 0.25) is 0 Å². The van der Waals surface area contributed by atoms with Crippen LogP contribution in [-0.2, 0) is 0 Å². The molecule has 0 aliphatic heterocycles. The van der Waals surface area contributed by atoms with Crippen molar-refractivity contribution in [1.82, 2.24) is 0 Å². The number of benzene rings is 2. The maximum atomic E-state index is 12.4. The van der Waals surface area contributed by atoms with Crippen LogP contribution in [0.5, 0.6) is 17.2 Å². The first-order valence-corrected chi connectivity index (χ1v) is 8.17. The number of carbonyl (C=O) groups excluding carboxylic acids is 1. The lowest BCUT2D eigenvalue weighted by Crippen LogP contribution is -1.98. The standard InChI is InChI=1S/C18H16BrNO6/c1-24-16-7-5-12(8-13(16)19)15(21)6-4-11-9-17(25-2)18(26-3)10-14(11)20(22)23/h4-10H,1-3H3/b6-4+. The molecule has 2 rings (SSSR count). The molecule has 0 amide bonds. The number of nitrogens with zero attached hydrogens (tertiary/aromatic N) is 1. The van der Waals surface area contributed by atoms with Crippen molar-refractivity contribution in [1.29, 1.82) is 0 Å². The Morgan fingerprint density at radius 1 is 1.04 bits per heavy atom. The van der Waals surface area contributed by atoms with Crippen LogP contribution in [0.1, 0.15) is 15.9 Å². The summed E-state index contributed by atoms with van der Waals surface area (Å²) in [7, 11) is 4.34. The van der Waals surface area contributed by atoms with Gasteiger partial charge in [-0.1, -0.05) is 0 Å². The summed E-state index contributed by atoms with van der Waals surface area (Å²) in [5.41, 5.74) is 0.452. The van der Waals surface area contributed by atoms with E-state index in [2.05, 4.69) is 15.9 Å². The van der Waals surface area contributed by atoms with Gasteiger partial charge in [-0.15, -0.1) is 0 Å². The van der Waals surface area contributed by atoms with Crippen LogP contribution in [0.3, 0.4) is 0 Å². The van der Waals surface area contributed by atoms with E-state index >= 15 is 0 Å². The third-order valence-corrected chi connectivity index (χ3v) is 4.20. The minimum Gasteiger partial charge on any atom is -0.496 e. The lowest BCUT2D eigenvalue weighted by molar-refractivity contribution is -0.385. The van der Waals surface area contributed by atoms with Gasteiger partial charge in [0.05, 0.1) is 42.4 Å². The number of nitro groups is 1. The predicted octanol–water partition coefficient (Wildman–Crippen LogP) is 4.28. The van der Waals surface area contributed by atoms with Crippen LogP contribution >= 0.6 is 15.9 Å². The van der Waals surface area contributed by atoms with E-state index in [1.807, 2.05) is 0 Å². The number of rotatable bonds is 7. The summed E-state index contributed by atoms with van der Waals surface area (Å²) < 4.78 is 16.0. The van der Waals surface area contributed by atoms with Crippen LogP contribution in [-0.4, -0.2) is 32.0 Å². The van der Waals surface area contributed by atoms with Crippen molar-refractivity contribution >= 4 is 33.5 Å². The third kappa shape index (κ3) is 4.20. The summed E-state index contributed by atoms with van der Waals surface area (Å²) in [6.45, 7) is 0. The monoisotopic (exact) mass is 421 g/mol. The van der Waals surface area contributed by atoms with Crippen LogP contribution < -0.4 is 14.2 Å². The number of allylic oxidation sites excluding steroid dienone is 1. The summed E-state index contributed by atoms with van der Waals surface area (Å²) in [6, 6.07) is 7.59. The highest BCUT2D eigenvalue weighted by atomic mass is 79.9. The lowest BCUT2D eigenvalue weighted by Gasteiger charge is -2.08. The first-order chi connectivity index (χ1) is 12.4. The Labute approximate surface area is 158 Å². The Balaban J connectivity index is 2.38. The van der Waals surface area contributed by atoms with E-state index in [0.717, 1.165) is 0 Å². The molecule has 0 aromatic heterocycles. The number of hydrogen-bond acceptors (Lipinski definition) is 6. The van der Waals surface area contributed by atoms with E-state index in [-0.39, 0.29) is 22.8 Å². The van der Waals surface area contributed by atoms with E-state index in [1.54, 1.807) is 18.2 Å². The van der Waals surface area contributed by atoms with E-state index in [1.165, 1.54) is 45.6 Å². The van der Waals surface area contributed by atoms with E-state index < -0.39 is 4.92 Å². The smallest absolute Gasteiger partial charge is 0.280 e. The van der Waals surface area contributed by atoms with E-state index in [4.69, 9.17) is 14.2 Å². The molecule has 0 aliphatic rings. The summed E-state index contributed by atoms with van der Waals surface area (Å²) >= 11 is 3.32. The molecule has 0 N–H and O–H groups in total. The Morgan fingerprint density at radius 3 is 2.19 bits per heavy atom. The SMILES string of the molecule is COc1ccc(C(=O)/C=C/c2cc(OC)c(OC)cc2[N+](=O)[O-])cc1Br. The Kier molecular flexibility index (Phi) is 6.35. The van der Waals surface area contributed by atoms with Gasteiger partial charge in [-0.2, -0.15) is 0 Å². The molecule has 2 aromatic carbocycles. The highest BCUT2D eigenvalue weighted by Gasteiger charge is 2.18. The number of ether oxygens (including phenoxy) is 3. The zero-order chi connectivity index (χ0) is 19.3. The number of carbonyl (C=O) groups is 1. The summed E-state index contributed by atoms with van der Waals surface area (Å²) in [6.07, 6.45) is 2.64. The van der Waals surface area contributed by atoms with Crippen molar-refractivity contribution in [2.75, 3.05) is 21.3 Å². The van der Waals surface area contributed by atoms with Crippen LogP contribution in [0.2, 0.25) is 0 Å².